The molecule has 0 radical (unpaired) electrons. The molecule has 0 spiro atoms. The topological polar surface area (TPSA) is 50.2 Å². The van der Waals surface area contributed by atoms with Crippen LogP contribution in [0.25, 0.3) is 10.2 Å². The summed E-state index contributed by atoms with van der Waals surface area (Å²) in [6.45, 7) is 8.17. The Morgan fingerprint density at radius 3 is 2.68 bits per heavy atom. The first-order chi connectivity index (χ1) is 13.5. The number of amides is 1. The average Bonchev–Trinajstić information content (AvgIpc) is 3.24. The second-order valence-corrected chi connectivity index (χ2v) is 8.98. The Kier molecular flexibility index (Phi) is 5.51. The van der Waals surface area contributed by atoms with E-state index in [9.17, 15) is 4.79 Å². The number of likely N-dealkylation sites (tertiary alicyclic amines) is 1. The summed E-state index contributed by atoms with van der Waals surface area (Å²) in [5, 5.41) is 8.59. The van der Waals surface area contributed by atoms with Crippen molar-refractivity contribution < 1.29 is 4.79 Å². The predicted molar refractivity (Wildman–Crippen MR) is 115 cm³/mol. The Hall–Kier alpha value is -2.18. The van der Waals surface area contributed by atoms with Gasteiger partial charge in [-0.15, -0.1) is 11.3 Å². The molecule has 4 rings (SSSR count). The lowest BCUT2D eigenvalue weighted by Gasteiger charge is -2.30. The van der Waals surface area contributed by atoms with Crippen molar-refractivity contribution in [1.82, 2.24) is 20.0 Å². The van der Waals surface area contributed by atoms with Crippen LogP contribution in [0.3, 0.4) is 0 Å². The van der Waals surface area contributed by atoms with Crippen LogP contribution in [-0.2, 0) is 20.1 Å². The number of aromatic nitrogens is 2. The van der Waals surface area contributed by atoms with E-state index in [1.165, 1.54) is 35.3 Å². The lowest BCUT2D eigenvalue weighted by molar-refractivity contribution is 0.0955. The molecule has 0 atom stereocenters. The number of fused-ring (bicyclic) bond motifs is 1. The Bertz CT molecular complexity index is 947. The number of carbonyl (C=O) groups is 1. The molecule has 0 saturated carbocycles. The smallest absolute Gasteiger partial charge is 0.261 e. The van der Waals surface area contributed by atoms with Crippen molar-refractivity contribution in [2.45, 2.75) is 39.8 Å². The van der Waals surface area contributed by atoms with Gasteiger partial charge in [0.15, 0.2) is 0 Å². The van der Waals surface area contributed by atoms with E-state index >= 15 is 0 Å². The highest BCUT2D eigenvalue weighted by Crippen LogP contribution is 2.27. The van der Waals surface area contributed by atoms with E-state index < -0.39 is 0 Å². The third-order valence-corrected chi connectivity index (χ3v) is 6.95. The second kappa shape index (κ2) is 8.05. The summed E-state index contributed by atoms with van der Waals surface area (Å²) in [6, 6.07) is 10.4. The minimum atomic E-state index is -0.0119. The van der Waals surface area contributed by atoms with Gasteiger partial charge in [0, 0.05) is 25.5 Å². The van der Waals surface area contributed by atoms with Crippen LogP contribution >= 0.6 is 11.3 Å². The number of piperidine rings is 1. The lowest BCUT2D eigenvalue weighted by atomic mass is 9.98. The zero-order valence-corrected chi connectivity index (χ0v) is 17.7. The number of hydrogen-bond donors (Lipinski definition) is 1. The van der Waals surface area contributed by atoms with Crippen LogP contribution in [0, 0.1) is 12.8 Å². The lowest BCUT2D eigenvalue weighted by Crippen LogP contribution is -2.33. The van der Waals surface area contributed by atoms with Crippen LogP contribution in [0.5, 0.6) is 0 Å². The Morgan fingerprint density at radius 1 is 1.25 bits per heavy atom. The van der Waals surface area contributed by atoms with Crippen molar-refractivity contribution in [2.75, 3.05) is 13.1 Å². The summed E-state index contributed by atoms with van der Waals surface area (Å²) >= 11 is 1.50. The molecule has 1 fully saturated rings. The molecule has 0 bridgehead atoms. The summed E-state index contributed by atoms with van der Waals surface area (Å²) in [7, 11) is 1.92. The first-order valence-electron chi connectivity index (χ1n) is 10.0. The molecule has 5 nitrogen and oxygen atoms in total. The third-order valence-electron chi connectivity index (χ3n) is 5.75. The van der Waals surface area contributed by atoms with Gasteiger partial charge in [0.25, 0.3) is 5.91 Å². The van der Waals surface area contributed by atoms with Gasteiger partial charge >= 0.3 is 0 Å². The molecule has 1 aliphatic heterocycles. The normalized spacial score (nSPS) is 16.0. The van der Waals surface area contributed by atoms with Crippen LogP contribution in [-0.4, -0.2) is 33.7 Å². The van der Waals surface area contributed by atoms with Gasteiger partial charge in [0.1, 0.15) is 4.83 Å². The molecule has 2 aromatic heterocycles. The first kappa shape index (κ1) is 19.2. The zero-order valence-electron chi connectivity index (χ0n) is 16.9. The van der Waals surface area contributed by atoms with Gasteiger partial charge in [-0.2, -0.15) is 5.10 Å². The standard InChI is InChI=1S/C22H28N4OS/c1-15-8-10-26(11-9-15)14-18-7-5-4-6-17(18)13-23-21(27)20-12-19-16(2)24-25(3)22(19)28-20/h4-7,12,15H,8-11,13-14H2,1-3H3,(H,23,27). The SMILES string of the molecule is Cc1nn(C)c2sc(C(=O)NCc3ccccc3CN3CCC(C)CC3)cc12. The van der Waals surface area contributed by atoms with Crippen LogP contribution in [0.1, 0.15) is 46.3 Å². The van der Waals surface area contributed by atoms with E-state index in [0.29, 0.717) is 6.54 Å². The average molecular weight is 397 g/mol. The van der Waals surface area contributed by atoms with Crippen LogP contribution in [0.4, 0.5) is 0 Å². The number of nitrogens with zero attached hydrogens (tertiary/aromatic N) is 3. The van der Waals surface area contributed by atoms with Crippen LogP contribution < -0.4 is 5.32 Å². The molecule has 0 aliphatic carbocycles. The number of thiophene rings is 1. The molecule has 1 aromatic carbocycles. The molecule has 1 amide bonds. The van der Waals surface area contributed by atoms with E-state index in [1.807, 2.05) is 24.7 Å². The van der Waals surface area contributed by atoms with Gasteiger partial charge in [-0.1, -0.05) is 31.2 Å². The van der Waals surface area contributed by atoms with E-state index in [4.69, 9.17) is 0 Å². The van der Waals surface area contributed by atoms with Crippen molar-refractivity contribution in [1.29, 1.82) is 0 Å². The predicted octanol–water partition coefficient (Wildman–Crippen LogP) is 4.11. The molecule has 0 unspecified atom stereocenters. The molecule has 1 N–H and O–H groups in total. The molecule has 148 valence electrons. The third kappa shape index (κ3) is 3.98. The highest BCUT2D eigenvalue weighted by atomic mass is 32.1. The summed E-state index contributed by atoms with van der Waals surface area (Å²) < 4.78 is 1.85. The Labute approximate surface area is 170 Å². The summed E-state index contributed by atoms with van der Waals surface area (Å²) in [5.74, 6) is 0.827. The number of hydrogen-bond acceptors (Lipinski definition) is 4. The fraction of sp³-hybridized carbons (Fsp3) is 0.455. The quantitative estimate of drug-likeness (QED) is 0.706. The fourth-order valence-corrected chi connectivity index (χ4v) is 4.96. The minimum Gasteiger partial charge on any atom is -0.347 e. The van der Waals surface area contributed by atoms with Gasteiger partial charge < -0.3 is 5.32 Å². The monoisotopic (exact) mass is 396 g/mol. The summed E-state index contributed by atoms with van der Waals surface area (Å²) in [6.07, 6.45) is 2.55. The molecule has 1 aliphatic rings. The van der Waals surface area contributed by atoms with E-state index in [2.05, 4.69) is 46.5 Å². The fourth-order valence-electron chi connectivity index (χ4n) is 3.93. The van der Waals surface area contributed by atoms with E-state index in [0.717, 1.165) is 46.3 Å². The van der Waals surface area contributed by atoms with Crippen molar-refractivity contribution in [2.24, 2.45) is 13.0 Å². The molecule has 3 heterocycles. The van der Waals surface area contributed by atoms with E-state index in [1.54, 1.807) is 0 Å². The zero-order chi connectivity index (χ0) is 19.7. The van der Waals surface area contributed by atoms with Crippen molar-refractivity contribution >= 4 is 27.5 Å². The first-order valence-corrected chi connectivity index (χ1v) is 10.8. The summed E-state index contributed by atoms with van der Waals surface area (Å²) in [4.78, 5) is 17.0. The number of benzene rings is 1. The van der Waals surface area contributed by atoms with Crippen LogP contribution in [0.15, 0.2) is 30.3 Å². The molecule has 1 saturated heterocycles. The van der Waals surface area contributed by atoms with Gasteiger partial charge in [0.05, 0.1) is 10.6 Å². The number of rotatable bonds is 5. The largest absolute Gasteiger partial charge is 0.347 e. The second-order valence-electron chi connectivity index (χ2n) is 7.95. The van der Waals surface area contributed by atoms with Gasteiger partial charge in [0.2, 0.25) is 0 Å². The van der Waals surface area contributed by atoms with E-state index in [-0.39, 0.29) is 5.91 Å². The maximum Gasteiger partial charge on any atom is 0.261 e. The molecular weight excluding hydrogens is 368 g/mol. The minimum absolute atomic E-state index is 0.0119. The van der Waals surface area contributed by atoms with Gasteiger partial charge in [-0.3, -0.25) is 14.4 Å². The number of aryl methyl sites for hydroxylation is 2. The summed E-state index contributed by atoms with van der Waals surface area (Å²) in [5.41, 5.74) is 3.48. The van der Waals surface area contributed by atoms with Crippen molar-refractivity contribution in [3.8, 4) is 0 Å². The Balaban J connectivity index is 1.42. The van der Waals surface area contributed by atoms with Crippen molar-refractivity contribution in [3.05, 3.63) is 52.0 Å². The molecule has 6 heteroatoms. The van der Waals surface area contributed by atoms with Gasteiger partial charge in [-0.25, -0.2) is 0 Å². The maximum atomic E-state index is 12.7. The molecule has 3 aromatic rings. The highest BCUT2D eigenvalue weighted by molar-refractivity contribution is 7.20. The molecule has 28 heavy (non-hydrogen) atoms. The number of nitrogens with one attached hydrogen (secondary N) is 1. The van der Waals surface area contributed by atoms with Gasteiger partial charge in [-0.05, 0) is 56.0 Å². The number of carbonyl (C=O) groups excluding carboxylic acids is 1. The van der Waals surface area contributed by atoms with Crippen LogP contribution in [0.2, 0.25) is 0 Å². The maximum absolute atomic E-state index is 12.7. The molecular formula is C22H28N4OS. The Morgan fingerprint density at radius 2 is 1.96 bits per heavy atom. The highest BCUT2D eigenvalue weighted by Gasteiger charge is 2.18. The van der Waals surface area contributed by atoms with Crippen molar-refractivity contribution in [3.63, 3.8) is 0 Å².